The number of aromatic nitrogens is 1. The van der Waals surface area contributed by atoms with Crippen LogP contribution in [0.3, 0.4) is 0 Å². The van der Waals surface area contributed by atoms with Gasteiger partial charge in [-0.3, -0.25) is 4.79 Å². The molecule has 4 rings (SSSR count). The van der Waals surface area contributed by atoms with Crippen LogP contribution in [0.2, 0.25) is 0 Å². The molecule has 8 heteroatoms. The van der Waals surface area contributed by atoms with Gasteiger partial charge in [-0.2, -0.15) is 5.26 Å². The Balaban J connectivity index is 1.47. The van der Waals surface area contributed by atoms with Gasteiger partial charge in [0.05, 0.1) is 18.9 Å². The van der Waals surface area contributed by atoms with E-state index in [-0.39, 0.29) is 12.5 Å². The predicted octanol–water partition coefficient (Wildman–Crippen LogP) is 5.49. The fraction of sp³-hybridized carbons (Fsp3) is 0.0800. The summed E-state index contributed by atoms with van der Waals surface area (Å²) in [5, 5.41) is 14.8. The summed E-state index contributed by atoms with van der Waals surface area (Å²) in [5.74, 6) is 1.24. The molecule has 2 aromatic carbocycles. The van der Waals surface area contributed by atoms with Gasteiger partial charge in [-0.05, 0) is 48.0 Å². The summed E-state index contributed by atoms with van der Waals surface area (Å²) >= 11 is 1.36. The molecule has 0 fully saturated rings. The summed E-state index contributed by atoms with van der Waals surface area (Å²) in [7, 11) is 1.52. The third-order valence-corrected chi connectivity index (χ3v) is 5.42. The molecule has 2 aromatic heterocycles. The van der Waals surface area contributed by atoms with Crippen LogP contribution < -0.4 is 14.8 Å². The fourth-order valence-electron chi connectivity index (χ4n) is 3.00. The smallest absolute Gasteiger partial charge is 0.262 e. The highest BCUT2D eigenvalue weighted by Crippen LogP contribution is 2.31. The van der Waals surface area contributed by atoms with Crippen LogP contribution in [0.15, 0.2) is 76.7 Å². The lowest BCUT2D eigenvalue weighted by Crippen LogP contribution is -2.20. The van der Waals surface area contributed by atoms with Crippen LogP contribution in [-0.2, 0) is 4.79 Å². The van der Waals surface area contributed by atoms with Crippen LogP contribution in [0.5, 0.6) is 11.5 Å². The number of nitrogens with zero attached hydrogens (tertiary/aromatic N) is 2. The number of anilines is 1. The molecule has 0 aliphatic rings. The van der Waals surface area contributed by atoms with Crippen LogP contribution in [0.25, 0.3) is 23.1 Å². The number of amides is 1. The summed E-state index contributed by atoms with van der Waals surface area (Å²) in [4.78, 5) is 16.6. The van der Waals surface area contributed by atoms with Crippen molar-refractivity contribution in [2.45, 2.75) is 0 Å². The van der Waals surface area contributed by atoms with Gasteiger partial charge in [0.25, 0.3) is 5.91 Å². The van der Waals surface area contributed by atoms with Gasteiger partial charge in [0.15, 0.2) is 23.9 Å². The van der Waals surface area contributed by atoms with E-state index < -0.39 is 0 Å². The SMILES string of the molecule is COc1cc(/C=C(\C#N)c2nc(-c3ccco3)cs2)ccc1OCC(=O)Nc1ccccc1. The maximum absolute atomic E-state index is 12.1. The molecule has 0 unspecified atom stereocenters. The van der Waals surface area contributed by atoms with Gasteiger partial charge in [0.1, 0.15) is 16.8 Å². The third kappa shape index (κ3) is 5.47. The minimum atomic E-state index is -0.282. The molecule has 0 spiro atoms. The van der Waals surface area contributed by atoms with Crippen LogP contribution in [0.4, 0.5) is 5.69 Å². The van der Waals surface area contributed by atoms with Crippen LogP contribution in [0, 0.1) is 11.3 Å². The molecule has 1 N–H and O–H groups in total. The number of furan rings is 1. The average Bonchev–Trinajstić information content (AvgIpc) is 3.54. The molecule has 164 valence electrons. The molecule has 0 aliphatic heterocycles. The Bertz CT molecular complexity index is 1310. The number of carbonyl (C=O) groups is 1. The second kappa shape index (κ2) is 10.3. The highest BCUT2D eigenvalue weighted by atomic mass is 32.1. The second-order valence-electron chi connectivity index (χ2n) is 6.80. The topological polar surface area (TPSA) is 97.4 Å². The number of ether oxygens (including phenoxy) is 2. The first kappa shape index (κ1) is 21.9. The average molecular weight is 458 g/mol. The molecule has 1 amide bonds. The minimum Gasteiger partial charge on any atom is -0.493 e. The normalized spacial score (nSPS) is 11.0. The zero-order chi connectivity index (χ0) is 23.0. The third-order valence-electron chi connectivity index (χ3n) is 4.54. The summed E-state index contributed by atoms with van der Waals surface area (Å²) in [6, 6.07) is 20.2. The Morgan fingerprint density at radius 2 is 2.03 bits per heavy atom. The molecule has 0 saturated heterocycles. The van der Waals surface area contributed by atoms with E-state index >= 15 is 0 Å². The van der Waals surface area contributed by atoms with Crippen molar-refractivity contribution in [1.82, 2.24) is 4.98 Å². The van der Waals surface area contributed by atoms with Gasteiger partial charge in [0, 0.05) is 11.1 Å². The van der Waals surface area contributed by atoms with Gasteiger partial charge in [-0.25, -0.2) is 4.98 Å². The first-order valence-corrected chi connectivity index (χ1v) is 10.8. The standard InChI is InChI=1S/C25H19N3O4S/c1-30-23-13-17(9-10-22(23)32-15-24(29)27-19-6-3-2-4-7-19)12-18(14-26)25-28-20(16-33-25)21-8-5-11-31-21/h2-13,16H,15H2,1H3,(H,27,29)/b18-12+. The number of benzene rings is 2. The Kier molecular flexibility index (Phi) is 6.83. The van der Waals surface area contributed by atoms with Crippen molar-refractivity contribution in [1.29, 1.82) is 5.26 Å². The van der Waals surface area contributed by atoms with E-state index in [1.807, 2.05) is 29.6 Å². The maximum Gasteiger partial charge on any atom is 0.262 e. The molecule has 0 aliphatic carbocycles. The van der Waals surface area contributed by atoms with E-state index in [1.165, 1.54) is 18.4 Å². The second-order valence-corrected chi connectivity index (χ2v) is 7.66. The molecule has 4 aromatic rings. The van der Waals surface area contributed by atoms with Gasteiger partial charge < -0.3 is 19.2 Å². The number of allylic oxidation sites excluding steroid dienone is 1. The van der Waals surface area contributed by atoms with Crippen molar-refractivity contribution >= 4 is 34.6 Å². The number of hydrogen-bond acceptors (Lipinski definition) is 7. The van der Waals surface area contributed by atoms with Crippen molar-refractivity contribution in [2.24, 2.45) is 0 Å². The molecule has 33 heavy (non-hydrogen) atoms. The molecular weight excluding hydrogens is 438 g/mol. The largest absolute Gasteiger partial charge is 0.493 e. The first-order chi connectivity index (χ1) is 16.2. The quantitative estimate of drug-likeness (QED) is 0.351. The monoisotopic (exact) mass is 457 g/mol. The number of para-hydroxylation sites is 1. The van der Waals surface area contributed by atoms with Crippen LogP contribution in [-0.4, -0.2) is 24.6 Å². The van der Waals surface area contributed by atoms with E-state index in [4.69, 9.17) is 13.9 Å². The van der Waals surface area contributed by atoms with E-state index in [1.54, 1.807) is 48.7 Å². The summed E-state index contributed by atoms with van der Waals surface area (Å²) in [6.07, 6.45) is 3.30. The van der Waals surface area contributed by atoms with Gasteiger partial charge in [0.2, 0.25) is 0 Å². The fourth-order valence-corrected chi connectivity index (χ4v) is 3.77. The summed E-state index contributed by atoms with van der Waals surface area (Å²) in [5.41, 5.74) is 2.52. The number of nitriles is 1. The van der Waals surface area contributed by atoms with Crippen molar-refractivity contribution in [3.63, 3.8) is 0 Å². The lowest BCUT2D eigenvalue weighted by Gasteiger charge is -2.11. The zero-order valence-electron chi connectivity index (χ0n) is 17.6. The molecule has 0 saturated carbocycles. The Morgan fingerprint density at radius 3 is 2.76 bits per heavy atom. The van der Waals surface area contributed by atoms with Crippen molar-refractivity contribution in [3.8, 4) is 29.0 Å². The predicted molar refractivity (Wildman–Crippen MR) is 127 cm³/mol. The highest BCUT2D eigenvalue weighted by Gasteiger charge is 2.12. The molecular formula is C25H19N3O4S. The number of methoxy groups -OCH3 is 1. The number of thiazole rings is 1. The van der Waals surface area contributed by atoms with Gasteiger partial charge in [-0.15, -0.1) is 11.3 Å². The lowest BCUT2D eigenvalue weighted by molar-refractivity contribution is -0.118. The van der Waals surface area contributed by atoms with Crippen molar-refractivity contribution in [3.05, 3.63) is 82.9 Å². The lowest BCUT2D eigenvalue weighted by atomic mass is 10.1. The Hall–Kier alpha value is -4.35. The van der Waals surface area contributed by atoms with Crippen LogP contribution >= 0.6 is 11.3 Å². The van der Waals surface area contributed by atoms with Gasteiger partial charge in [-0.1, -0.05) is 24.3 Å². The van der Waals surface area contributed by atoms with E-state index in [0.29, 0.717) is 39.2 Å². The van der Waals surface area contributed by atoms with E-state index in [2.05, 4.69) is 16.4 Å². The Morgan fingerprint density at radius 1 is 1.18 bits per heavy atom. The molecule has 7 nitrogen and oxygen atoms in total. The number of carbonyl (C=O) groups excluding carboxylic acids is 1. The van der Waals surface area contributed by atoms with Gasteiger partial charge >= 0.3 is 0 Å². The summed E-state index contributed by atoms with van der Waals surface area (Å²) < 4.78 is 16.4. The Labute approximate surface area is 194 Å². The molecule has 2 heterocycles. The highest BCUT2D eigenvalue weighted by molar-refractivity contribution is 7.11. The zero-order valence-corrected chi connectivity index (χ0v) is 18.5. The number of nitrogens with one attached hydrogen (secondary N) is 1. The molecule has 0 atom stereocenters. The van der Waals surface area contributed by atoms with Crippen molar-refractivity contribution in [2.75, 3.05) is 19.0 Å². The minimum absolute atomic E-state index is 0.168. The molecule has 0 radical (unpaired) electrons. The molecule has 0 bridgehead atoms. The number of hydrogen-bond donors (Lipinski definition) is 1. The van der Waals surface area contributed by atoms with E-state index in [9.17, 15) is 10.1 Å². The van der Waals surface area contributed by atoms with Crippen LogP contribution in [0.1, 0.15) is 10.6 Å². The first-order valence-electron chi connectivity index (χ1n) is 9.93. The summed E-state index contributed by atoms with van der Waals surface area (Å²) in [6.45, 7) is -0.168. The maximum atomic E-state index is 12.1. The van der Waals surface area contributed by atoms with E-state index in [0.717, 1.165) is 5.56 Å². The van der Waals surface area contributed by atoms with Crippen molar-refractivity contribution < 1.29 is 18.7 Å². The number of rotatable bonds is 8.